The van der Waals surface area contributed by atoms with Crippen molar-refractivity contribution in [1.82, 2.24) is 0 Å². The Morgan fingerprint density at radius 3 is 2.67 bits per heavy atom. The van der Waals surface area contributed by atoms with Crippen molar-refractivity contribution in [2.24, 2.45) is 0 Å². The van der Waals surface area contributed by atoms with Gasteiger partial charge in [0.05, 0.1) is 0 Å². The Morgan fingerprint density at radius 1 is 0.905 bits per heavy atom. The number of hydrogen-bond acceptors (Lipinski definition) is 0. The molecule has 1 unspecified atom stereocenters. The lowest BCUT2D eigenvalue weighted by Gasteiger charge is -2.18. The topological polar surface area (TPSA) is 0 Å². The van der Waals surface area contributed by atoms with Crippen LogP contribution in [0.15, 0.2) is 65.1 Å². The molecule has 0 saturated carbocycles. The van der Waals surface area contributed by atoms with Gasteiger partial charge in [0.1, 0.15) is 0 Å². The third kappa shape index (κ3) is 1.96. The van der Waals surface area contributed by atoms with E-state index in [1.165, 1.54) is 37.5 Å². The van der Waals surface area contributed by atoms with Gasteiger partial charge in [-0.05, 0) is 46.0 Å². The molecule has 0 saturated heterocycles. The molecule has 1 aliphatic carbocycles. The first-order valence-electron chi connectivity index (χ1n) is 7.20. The summed E-state index contributed by atoms with van der Waals surface area (Å²) in [5.41, 5.74) is 5.45. The molecule has 0 amide bonds. The molecule has 0 nitrogen and oxygen atoms in total. The van der Waals surface area contributed by atoms with E-state index in [2.05, 4.69) is 89.6 Å². The van der Waals surface area contributed by atoms with Crippen molar-refractivity contribution in [3.8, 4) is 0 Å². The molecule has 0 radical (unpaired) electrons. The van der Waals surface area contributed by atoms with Crippen molar-refractivity contribution >= 4 is 32.8 Å². The summed E-state index contributed by atoms with van der Waals surface area (Å²) in [5, 5.41) is 2.68. The first-order chi connectivity index (χ1) is 10.3. The molecule has 0 N–H and O–H groups in total. The molecule has 0 bridgehead atoms. The van der Waals surface area contributed by atoms with Crippen LogP contribution in [0.3, 0.4) is 0 Å². The summed E-state index contributed by atoms with van der Waals surface area (Å²) >= 11 is 3.78. The van der Waals surface area contributed by atoms with E-state index in [1.807, 2.05) is 0 Å². The third-order valence-electron chi connectivity index (χ3n) is 4.35. The lowest BCUT2D eigenvalue weighted by atomic mass is 9.88. The van der Waals surface area contributed by atoms with Crippen molar-refractivity contribution in [2.45, 2.75) is 12.8 Å². The molecule has 3 aromatic carbocycles. The number of halogens is 1. The lowest BCUT2D eigenvalue weighted by molar-refractivity contribution is 1.05. The molecule has 1 atom stereocenters. The predicted molar refractivity (Wildman–Crippen MR) is 93.7 cm³/mol. The van der Waals surface area contributed by atoms with Gasteiger partial charge in [-0.15, -0.1) is 0 Å². The van der Waals surface area contributed by atoms with Crippen molar-refractivity contribution in [3.05, 3.63) is 87.4 Å². The van der Waals surface area contributed by atoms with Gasteiger partial charge in [-0.3, -0.25) is 0 Å². The SMILES string of the molecule is Cc1cccc2ccc(Br)c(C3C=Cc4ccccc43)c12. The van der Waals surface area contributed by atoms with Crippen LogP contribution in [0.5, 0.6) is 0 Å². The molecule has 3 aromatic rings. The van der Waals surface area contributed by atoms with Crippen molar-refractivity contribution in [2.75, 3.05) is 0 Å². The van der Waals surface area contributed by atoms with E-state index in [9.17, 15) is 0 Å². The van der Waals surface area contributed by atoms with Gasteiger partial charge in [0.15, 0.2) is 0 Å². The molecule has 0 aromatic heterocycles. The summed E-state index contributed by atoms with van der Waals surface area (Å²) in [6.07, 6.45) is 4.56. The van der Waals surface area contributed by atoms with E-state index in [0.29, 0.717) is 5.92 Å². The van der Waals surface area contributed by atoms with E-state index in [1.54, 1.807) is 0 Å². The largest absolute Gasteiger partial charge is 0.0720 e. The zero-order valence-corrected chi connectivity index (χ0v) is 13.4. The maximum atomic E-state index is 3.78. The fraction of sp³-hybridized carbons (Fsp3) is 0.100. The second-order valence-corrected chi connectivity index (χ2v) is 6.45. The smallest absolute Gasteiger partial charge is 0.0296 e. The van der Waals surface area contributed by atoms with Gasteiger partial charge >= 0.3 is 0 Å². The minimum absolute atomic E-state index is 0.334. The molecule has 1 heteroatoms. The molecule has 0 fully saturated rings. The van der Waals surface area contributed by atoms with Crippen molar-refractivity contribution in [1.29, 1.82) is 0 Å². The Hall–Kier alpha value is -1.86. The highest BCUT2D eigenvalue weighted by atomic mass is 79.9. The van der Waals surface area contributed by atoms with Crippen LogP contribution in [0, 0.1) is 6.92 Å². The lowest BCUT2D eigenvalue weighted by Crippen LogP contribution is -1.99. The number of rotatable bonds is 1. The standard InChI is InChI=1S/C20H15Br/c1-13-5-4-7-15-10-12-18(21)20(19(13)15)17-11-9-14-6-2-3-8-16(14)17/h2-12,17H,1H3. The minimum atomic E-state index is 0.334. The highest BCUT2D eigenvalue weighted by Gasteiger charge is 2.23. The van der Waals surface area contributed by atoms with Gasteiger partial charge in [-0.25, -0.2) is 0 Å². The van der Waals surface area contributed by atoms with Gasteiger partial charge in [0.25, 0.3) is 0 Å². The van der Waals surface area contributed by atoms with Crippen LogP contribution < -0.4 is 0 Å². The van der Waals surface area contributed by atoms with E-state index >= 15 is 0 Å². The maximum absolute atomic E-state index is 3.78. The molecular formula is C20H15Br. The average Bonchev–Trinajstić information content (AvgIpc) is 2.92. The Balaban J connectivity index is 2.04. The van der Waals surface area contributed by atoms with Crippen LogP contribution in [0.2, 0.25) is 0 Å². The van der Waals surface area contributed by atoms with Crippen LogP contribution in [-0.4, -0.2) is 0 Å². The van der Waals surface area contributed by atoms with Crippen LogP contribution >= 0.6 is 15.9 Å². The quantitative estimate of drug-likeness (QED) is 0.506. The highest BCUT2D eigenvalue weighted by Crippen LogP contribution is 2.42. The van der Waals surface area contributed by atoms with Crippen LogP contribution in [0.4, 0.5) is 0 Å². The van der Waals surface area contributed by atoms with Gasteiger partial charge in [0.2, 0.25) is 0 Å². The number of hydrogen-bond donors (Lipinski definition) is 0. The molecule has 1 aliphatic rings. The summed E-state index contributed by atoms with van der Waals surface area (Å²) in [6.45, 7) is 2.20. The number of fused-ring (bicyclic) bond motifs is 2. The van der Waals surface area contributed by atoms with Gasteiger partial charge in [0, 0.05) is 10.4 Å². The Labute approximate surface area is 133 Å². The van der Waals surface area contributed by atoms with E-state index < -0.39 is 0 Å². The van der Waals surface area contributed by atoms with E-state index in [-0.39, 0.29) is 0 Å². The first kappa shape index (κ1) is 12.8. The second kappa shape index (κ2) is 4.85. The van der Waals surface area contributed by atoms with Gasteiger partial charge in [-0.1, -0.05) is 76.6 Å². The Morgan fingerprint density at radius 2 is 1.76 bits per heavy atom. The van der Waals surface area contributed by atoms with Crippen molar-refractivity contribution < 1.29 is 0 Å². The number of benzene rings is 3. The molecule has 0 spiro atoms. The number of aryl methyl sites for hydroxylation is 1. The molecule has 102 valence electrons. The van der Waals surface area contributed by atoms with E-state index in [0.717, 1.165) is 0 Å². The van der Waals surface area contributed by atoms with Crippen LogP contribution in [-0.2, 0) is 0 Å². The van der Waals surface area contributed by atoms with Crippen LogP contribution in [0.25, 0.3) is 16.8 Å². The summed E-state index contributed by atoms with van der Waals surface area (Å²) in [5.74, 6) is 0.334. The minimum Gasteiger partial charge on any atom is -0.0720 e. The molecule has 0 heterocycles. The third-order valence-corrected chi connectivity index (χ3v) is 5.04. The maximum Gasteiger partial charge on any atom is 0.0296 e. The van der Waals surface area contributed by atoms with Gasteiger partial charge in [-0.2, -0.15) is 0 Å². The fourth-order valence-electron chi connectivity index (χ4n) is 3.37. The summed E-state index contributed by atoms with van der Waals surface area (Å²) < 4.78 is 1.19. The molecule has 21 heavy (non-hydrogen) atoms. The highest BCUT2D eigenvalue weighted by molar-refractivity contribution is 9.10. The summed E-state index contributed by atoms with van der Waals surface area (Å²) in [6, 6.07) is 19.6. The summed E-state index contributed by atoms with van der Waals surface area (Å²) in [7, 11) is 0. The molecule has 0 aliphatic heterocycles. The summed E-state index contributed by atoms with van der Waals surface area (Å²) in [4.78, 5) is 0. The monoisotopic (exact) mass is 334 g/mol. The zero-order chi connectivity index (χ0) is 14.4. The second-order valence-electron chi connectivity index (χ2n) is 5.60. The van der Waals surface area contributed by atoms with Crippen LogP contribution in [0.1, 0.15) is 28.2 Å². The average molecular weight is 335 g/mol. The predicted octanol–water partition coefficient (Wildman–Crippen LogP) is 6.07. The Kier molecular flexibility index (Phi) is 2.97. The fourth-order valence-corrected chi connectivity index (χ4v) is 3.95. The zero-order valence-electron chi connectivity index (χ0n) is 11.8. The molecular weight excluding hydrogens is 320 g/mol. The first-order valence-corrected chi connectivity index (χ1v) is 8.00. The normalized spacial score (nSPS) is 16.4. The van der Waals surface area contributed by atoms with E-state index in [4.69, 9.17) is 0 Å². The van der Waals surface area contributed by atoms with Gasteiger partial charge < -0.3 is 0 Å². The Bertz CT molecular complexity index is 874. The number of allylic oxidation sites excluding steroid dienone is 1. The molecule has 4 rings (SSSR count). The van der Waals surface area contributed by atoms with Crippen molar-refractivity contribution in [3.63, 3.8) is 0 Å².